The number of rotatable bonds is 5. The average molecular weight is 413 g/mol. The van der Waals surface area contributed by atoms with Gasteiger partial charge in [-0.3, -0.25) is 4.79 Å². The lowest BCUT2D eigenvalue weighted by Gasteiger charge is -2.32. The molecule has 2 heterocycles. The third-order valence-corrected chi connectivity index (χ3v) is 7.59. The molecule has 2 bridgehead atoms. The molecule has 1 amide bonds. The third-order valence-electron chi connectivity index (χ3n) is 6.62. The highest BCUT2D eigenvalue weighted by molar-refractivity contribution is 7.15. The first kappa shape index (κ1) is 20.0. The SMILES string of the molecule is Cc1ncc(-c2ccc(C[C@@H](C#N)NC(=O)[C@H]3N[C@H]4C[C@@H]3[C@H](C)[C@@H]4C)c(F)c2)s1. The summed E-state index contributed by atoms with van der Waals surface area (Å²) in [5.74, 6) is 0.820. The molecule has 0 spiro atoms. The molecule has 6 atom stereocenters. The first-order valence-electron chi connectivity index (χ1n) is 10.0. The smallest absolute Gasteiger partial charge is 0.238 e. The molecule has 4 rings (SSSR count). The molecular formula is C22H25FN4OS. The van der Waals surface area contributed by atoms with Crippen LogP contribution in [0.5, 0.6) is 0 Å². The van der Waals surface area contributed by atoms with Gasteiger partial charge < -0.3 is 10.6 Å². The normalized spacial score (nSPS) is 28.9. The Morgan fingerprint density at radius 1 is 1.45 bits per heavy atom. The lowest BCUT2D eigenvalue weighted by molar-refractivity contribution is -0.125. The van der Waals surface area contributed by atoms with Gasteiger partial charge in [-0.15, -0.1) is 11.3 Å². The lowest BCUT2D eigenvalue weighted by atomic mass is 9.84. The molecule has 1 aliphatic carbocycles. The number of aromatic nitrogens is 1. The highest BCUT2D eigenvalue weighted by Crippen LogP contribution is 2.44. The standard InChI is InChI=1S/C22H25FN4OS/c1-11-12(2)19-8-17(11)21(27-19)22(28)26-16(9-24)6-14-4-5-15(7-18(14)23)20-10-25-13(3)29-20/h4-5,7,10-12,16-17,19,21,27H,6,8H2,1-3H3,(H,26,28)/t11-,12+,16+,17-,19+,21+/m1/s1. The second-order valence-corrected chi connectivity index (χ2v) is 9.55. The van der Waals surface area contributed by atoms with Crippen molar-refractivity contribution in [3.8, 4) is 16.5 Å². The number of aryl methyl sites for hydroxylation is 1. The van der Waals surface area contributed by atoms with E-state index in [2.05, 4.69) is 35.5 Å². The molecule has 1 saturated heterocycles. The Hall–Kier alpha value is -2.30. The highest BCUT2D eigenvalue weighted by Gasteiger charge is 2.51. The summed E-state index contributed by atoms with van der Waals surface area (Å²) in [5.41, 5.74) is 1.19. The van der Waals surface area contributed by atoms with E-state index in [0.717, 1.165) is 21.9 Å². The minimum absolute atomic E-state index is 0.142. The summed E-state index contributed by atoms with van der Waals surface area (Å²) < 4.78 is 14.6. The van der Waals surface area contributed by atoms with Crippen molar-refractivity contribution in [2.45, 2.75) is 51.7 Å². The predicted molar refractivity (Wildman–Crippen MR) is 111 cm³/mol. The monoisotopic (exact) mass is 412 g/mol. The van der Waals surface area contributed by atoms with Crippen LogP contribution in [0.3, 0.4) is 0 Å². The second kappa shape index (κ2) is 7.85. The van der Waals surface area contributed by atoms with Crippen molar-refractivity contribution in [1.29, 1.82) is 5.26 Å². The number of piperidine rings is 1. The molecule has 2 N–H and O–H groups in total. The van der Waals surface area contributed by atoms with E-state index < -0.39 is 6.04 Å². The molecule has 5 nitrogen and oxygen atoms in total. The summed E-state index contributed by atoms with van der Waals surface area (Å²) in [6.45, 7) is 6.32. The van der Waals surface area contributed by atoms with Crippen LogP contribution in [0.15, 0.2) is 24.4 Å². The molecule has 1 aliphatic heterocycles. The van der Waals surface area contributed by atoms with Crippen molar-refractivity contribution in [2.24, 2.45) is 17.8 Å². The van der Waals surface area contributed by atoms with Crippen LogP contribution >= 0.6 is 11.3 Å². The number of hydrogen-bond donors (Lipinski definition) is 2. The Morgan fingerprint density at radius 3 is 2.83 bits per heavy atom. The fourth-order valence-corrected chi connectivity index (χ4v) is 5.51. The van der Waals surface area contributed by atoms with Crippen LogP contribution in [0, 0.1) is 41.8 Å². The third kappa shape index (κ3) is 3.79. The Balaban J connectivity index is 1.42. The zero-order chi connectivity index (χ0) is 20.7. The quantitative estimate of drug-likeness (QED) is 0.789. The maximum Gasteiger partial charge on any atom is 0.238 e. The zero-order valence-electron chi connectivity index (χ0n) is 16.8. The van der Waals surface area contributed by atoms with E-state index in [-0.39, 0.29) is 24.2 Å². The van der Waals surface area contributed by atoms with Gasteiger partial charge in [0.15, 0.2) is 0 Å². The molecule has 2 fully saturated rings. The van der Waals surface area contributed by atoms with Gasteiger partial charge in [0.05, 0.1) is 22.0 Å². The average Bonchev–Trinajstić information content (AvgIpc) is 3.39. The molecule has 1 aromatic heterocycles. The summed E-state index contributed by atoms with van der Waals surface area (Å²) in [6.07, 6.45) is 2.88. The van der Waals surface area contributed by atoms with Crippen LogP contribution in [0.1, 0.15) is 30.8 Å². The van der Waals surface area contributed by atoms with Crippen molar-refractivity contribution in [3.63, 3.8) is 0 Å². The number of amides is 1. The summed E-state index contributed by atoms with van der Waals surface area (Å²) in [5, 5.41) is 16.7. The van der Waals surface area contributed by atoms with Gasteiger partial charge >= 0.3 is 0 Å². The van der Waals surface area contributed by atoms with Gasteiger partial charge in [0, 0.05) is 18.7 Å². The van der Waals surface area contributed by atoms with Crippen LogP contribution < -0.4 is 10.6 Å². The minimum atomic E-state index is -0.762. The Bertz CT molecular complexity index is 966. The van der Waals surface area contributed by atoms with Gasteiger partial charge in [-0.05, 0) is 48.3 Å². The van der Waals surface area contributed by atoms with Crippen molar-refractivity contribution in [1.82, 2.24) is 15.6 Å². The maximum absolute atomic E-state index is 14.6. The molecule has 2 aliphatic rings. The second-order valence-electron chi connectivity index (χ2n) is 8.31. The minimum Gasteiger partial charge on any atom is -0.339 e. The maximum atomic E-state index is 14.6. The van der Waals surface area contributed by atoms with Crippen molar-refractivity contribution < 1.29 is 9.18 Å². The fraction of sp³-hybridized carbons (Fsp3) is 0.500. The Labute approximate surface area is 174 Å². The van der Waals surface area contributed by atoms with E-state index in [9.17, 15) is 14.4 Å². The van der Waals surface area contributed by atoms with Gasteiger partial charge in [0.1, 0.15) is 11.9 Å². The molecule has 1 saturated carbocycles. The Morgan fingerprint density at radius 2 is 2.24 bits per heavy atom. The largest absolute Gasteiger partial charge is 0.339 e. The van der Waals surface area contributed by atoms with Gasteiger partial charge in [0.2, 0.25) is 5.91 Å². The number of hydrogen-bond acceptors (Lipinski definition) is 5. The van der Waals surface area contributed by atoms with Crippen LogP contribution in [-0.4, -0.2) is 29.0 Å². The number of nitriles is 1. The number of halogens is 1. The van der Waals surface area contributed by atoms with Crippen LogP contribution in [-0.2, 0) is 11.2 Å². The first-order valence-corrected chi connectivity index (χ1v) is 10.9. The van der Waals surface area contributed by atoms with E-state index in [1.807, 2.05) is 13.0 Å². The summed E-state index contributed by atoms with van der Waals surface area (Å²) in [7, 11) is 0. The van der Waals surface area contributed by atoms with Crippen molar-refractivity contribution >= 4 is 17.2 Å². The fourth-order valence-electron chi connectivity index (χ4n) is 4.73. The van der Waals surface area contributed by atoms with Crippen LogP contribution in [0.25, 0.3) is 10.4 Å². The summed E-state index contributed by atoms with van der Waals surface area (Å²) >= 11 is 1.51. The summed E-state index contributed by atoms with van der Waals surface area (Å²) in [4.78, 5) is 17.9. The van der Waals surface area contributed by atoms with E-state index in [4.69, 9.17) is 0 Å². The number of benzene rings is 1. The number of thiazole rings is 1. The molecule has 152 valence electrons. The number of carbonyl (C=O) groups excluding carboxylic acids is 1. The zero-order valence-corrected chi connectivity index (χ0v) is 17.6. The molecule has 7 heteroatoms. The lowest BCUT2D eigenvalue weighted by Crippen LogP contribution is -2.54. The van der Waals surface area contributed by atoms with E-state index >= 15 is 0 Å². The van der Waals surface area contributed by atoms with E-state index in [0.29, 0.717) is 29.4 Å². The van der Waals surface area contributed by atoms with Crippen molar-refractivity contribution in [2.75, 3.05) is 0 Å². The molecular weight excluding hydrogens is 387 g/mol. The highest BCUT2D eigenvalue weighted by atomic mass is 32.1. The molecule has 0 unspecified atom stereocenters. The Kier molecular flexibility index (Phi) is 5.41. The first-order chi connectivity index (χ1) is 13.9. The van der Waals surface area contributed by atoms with Crippen molar-refractivity contribution in [3.05, 3.63) is 40.8 Å². The van der Waals surface area contributed by atoms with Crippen LogP contribution in [0.4, 0.5) is 4.39 Å². The molecule has 1 aromatic carbocycles. The molecule has 2 aromatic rings. The number of fused-ring (bicyclic) bond motifs is 2. The molecule has 0 radical (unpaired) electrons. The van der Waals surface area contributed by atoms with Gasteiger partial charge in [-0.1, -0.05) is 26.0 Å². The number of carbonyl (C=O) groups is 1. The number of nitrogens with one attached hydrogen (secondary N) is 2. The van der Waals surface area contributed by atoms with E-state index in [1.54, 1.807) is 12.3 Å². The predicted octanol–water partition coefficient (Wildman–Crippen LogP) is 3.44. The number of nitrogens with zero attached hydrogens (tertiary/aromatic N) is 2. The van der Waals surface area contributed by atoms with Gasteiger partial charge in [0.25, 0.3) is 0 Å². The molecule has 29 heavy (non-hydrogen) atoms. The summed E-state index contributed by atoms with van der Waals surface area (Å²) in [6, 6.07) is 6.45. The topological polar surface area (TPSA) is 77.8 Å². The van der Waals surface area contributed by atoms with Crippen LogP contribution in [0.2, 0.25) is 0 Å². The van der Waals surface area contributed by atoms with Gasteiger partial charge in [-0.25, -0.2) is 9.37 Å². The van der Waals surface area contributed by atoms with Gasteiger partial charge in [-0.2, -0.15) is 5.26 Å². The van der Waals surface area contributed by atoms with E-state index in [1.165, 1.54) is 17.4 Å².